The molecule has 0 aromatic rings. The van der Waals surface area contributed by atoms with Gasteiger partial charge in [-0.05, 0) is 50.4 Å². The molecule has 2 bridgehead atoms. The van der Waals surface area contributed by atoms with Crippen LogP contribution in [0.15, 0.2) is 0 Å². The maximum absolute atomic E-state index is 12.5. The van der Waals surface area contributed by atoms with E-state index < -0.39 is 12.6 Å². The van der Waals surface area contributed by atoms with Gasteiger partial charge in [0.25, 0.3) is 0 Å². The molecule has 1 saturated carbocycles. The van der Waals surface area contributed by atoms with E-state index in [0.29, 0.717) is 36.9 Å². The average Bonchev–Trinajstić information content (AvgIpc) is 3.18. The minimum atomic E-state index is -4.18. The second-order valence-corrected chi connectivity index (χ2v) is 7.33. The number of carbonyl (C=O) groups is 1. The summed E-state index contributed by atoms with van der Waals surface area (Å²) in [4.78, 5) is 13.9. The summed E-state index contributed by atoms with van der Waals surface area (Å²) in [6.07, 6.45) is 1.81. The molecule has 2 unspecified atom stereocenters. The fourth-order valence-corrected chi connectivity index (χ4v) is 3.91. The molecule has 134 valence electrons. The van der Waals surface area contributed by atoms with Crippen molar-refractivity contribution in [2.45, 2.75) is 69.6 Å². The van der Waals surface area contributed by atoms with Crippen molar-refractivity contribution in [3.05, 3.63) is 0 Å². The SMILES string of the molecule is Cl.O=C(CC1CC2CCC(C1)N2)N(CCC(F)(F)F)CC1CC1. The van der Waals surface area contributed by atoms with E-state index >= 15 is 0 Å². The zero-order valence-electron chi connectivity index (χ0n) is 13.3. The number of alkyl halides is 3. The van der Waals surface area contributed by atoms with Gasteiger partial charge in [0.1, 0.15) is 0 Å². The molecule has 2 saturated heterocycles. The molecule has 3 rings (SSSR count). The first kappa shape index (κ1) is 18.8. The number of halogens is 4. The molecule has 0 spiro atoms. The van der Waals surface area contributed by atoms with E-state index in [1.165, 1.54) is 17.7 Å². The van der Waals surface area contributed by atoms with Crippen LogP contribution in [0.1, 0.15) is 51.4 Å². The quantitative estimate of drug-likeness (QED) is 0.791. The number of nitrogens with zero attached hydrogens (tertiary/aromatic N) is 1. The lowest BCUT2D eigenvalue weighted by Crippen LogP contribution is -2.41. The van der Waals surface area contributed by atoms with Gasteiger partial charge in [-0.3, -0.25) is 4.79 Å². The van der Waals surface area contributed by atoms with Crippen LogP contribution in [0, 0.1) is 11.8 Å². The molecule has 1 N–H and O–H groups in total. The zero-order valence-corrected chi connectivity index (χ0v) is 14.1. The lowest BCUT2D eigenvalue weighted by Gasteiger charge is -2.31. The molecule has 1 aliphatic carbocycles. The fraction of sp³-hybridized carbons (Fsp3) is 0.938. The van der Waals surface area contributed by atoms with Crippen molar-refractivity contribution in [1.82, 2.24) is 10.2 Å². The summed E-state index contributed by atoms with van der Waals surface area (Å²) in [6.45, 7) is 0.351. The first-order chi connectivity index (χ1) is 10.4. The predicted molar refractivity (Wildman–Crippen MR) is 84.5 cm³/mol. The molecule has 23 heavy (non-hydrogen) atoms. The Morgan fingerprint density at radius 2 is 1.65 bits per heavy atom. The summed E-state index contributed by atoms with van der Waals surface area (Å²) >= 11 is 0. The molecule has 3 aliphatic rings. The van der Waals surface area contributed by atoms with Gasteiger partial charge in [-0.1, -0.05) is 0 Å². The molecule has 2 heterocycles. The molecule has 7 heteroatoms. The fourth-order valence-electron chi connectivity index (χ4n) is 3.91. The first-order valence-corrected chi connectivity index (χ1v) is 8.49. The third-order valence-corrected chi connectivity index (χ3v) is 5.23. The number of rotatable bonds is 6. The van der Waals surface area contributed by atoms with Gasteiger partial charge in [-0.25, -0.2) is 0 Å². The van der Waals surface area contributed by atoms with Crippen molar-refractivity contribution in [2.24, 2.45) is 11.8 Å². The van der Waals surface area contributed by atoms with Crippen LogP contribution >= 0.6 is 12.4 Å². The van der Waals surface area contributed by atoms with Crippen LogP contribution in [0.3, 0.4) is 0 Å². The number of amides is 1. The van der Waals surface area contributed by atoms with Crippen LogP contribution < -0.4 is 5.32 Å². The predicted octanol–water partition coefficient (Wildman–Crippen LogP) is 3.52. The normalized spacial score (nSPS) is 30.0. The van der Waals surface area contributed by atoms with E-state index in [0.717, 1.165) is 25.7 Å². The molecule has 2 atom stereocenters. The summed E-state index contributed by atoms with van der Waals surface area (Å²) in [5, 5.41) is 3.54. The van der Waals surface area contributed by atoms with Crippen molar-refractivity contribution in [3.63, 3.8) is 0 Å². The van der Waals surface area contributed by atoms with E-state index in [-0.39, 0.29) is 24.9 Å². The van der Waals surface area contributed by atoms with E-state index in [1.807, 2.05) is 0 Å². The number of hydrogen-bond donors (Lipinski definition) is 1. The van der Waals surface area contributed by atoms with Gasteiger partial charge < -0.3 is 10.2 Å². The summed E-state index contributed by atoms with van der Waals surface area (Å²) in [7, 11) is 0. The van der Waals surface area contributed by atoms with Gasteiger partial charge in [-0.2, -0.15) is 13.2 Å². The van der Waals surface area contributed by atoms with Crippen molar-refractivity contribution in [1.29, 1.82) is 0 Å². The molecule has 3 nitrogen and oxygen atoms in total. The van der Waals surface area contributed by atoms with Gasteiger partial charge in [0.2, 0.25) is 5.91 Å². The van der Waals surface area contributed by atoms with Crippen LogP contribution in [0.25, 0.3) is 0 Å². The van der Waals surface area contributed by atoms with Crippen LogP contribution in [-0.4, -0.2) is 42.2 Å². The Balaban J connectivity index is 0.00000192. The second-order valence-electron chi connectivity index (χ2n) is 7.33. The van der Waals surface area contributed by atoms with Crippen molar-refractivity contribution in [2.75, 3.05) is 13.1 Å². The van der Waals surface area contributed by atoms with E-state index in [4.69, 9.17) is 0 Å². The zero-order chi connectivity index (χ0) is 15.7. The molecule has 0 aromatic carbocycles. The van der Waals surface area contributed by atoms with Crippen LogP contribution in [0.2, 0.25) is 0 Å². The largest absolute Gasteiger partial charge is 0.390 e. The van der Waals surface area contributed by atoms with Crippen LogP contribution in [-0.2, 0) is 4.79 Å². The third kappa shape index (κ3) is 5.82. The van der Waals surface area contributed by atoms with Crippen molar-refractivity contribution >= 4 is 18.3 Å². The van der Waals surface area contributed by atoms with Gasteiger partial charge in [0, 0.05) is 31.6 Å². The van der Waals surface area contributed by atoms with Crippen molar-refractivity contribution in [3.8, 4) is 0 Å². The maximum atomic E-state index is 12.5. The Morgan fingerprint density at radius 3 is 2.17 bits per heavy atom. The highest BCUT2D eigenvalue weighted by molar-refractivity contribution is 5.85. The molecule has 0 aromatic heterocycles. The first-order valence-electron chi connectivity index (χ1n) is 8.49. The van der Waals surface area contributed by atoms with Crippen LogP contribution in [0.5, 0.6) is 0 Å². The molecular weight excluding hydrogens is 329 g/mol. The number of hydrogen-bond acceptors (Lipinski definition) is 2. The lowest BCUT2D eigenvalue weighted by atomic mass is 9.89. The van der Waals surface area contributed by atoms with E-state index in [2.05, 4.69) is 5.32 Å². The van der Waals surface area contributed by atoms with Crippen LogP contribution in [0.4, 0.5) is 13.2 Å². The highest BCUT2D eigenvalue weighted by atomic mass is 35.5. The smallest absolute Gasteiger partial charge is 0.342 e. The number of nitrogens with one attached hydrogen (secondary N) is 1. The Hall–Kier alpha value is -0.490. The van der Waals surface area contributed by atoms with Gasteiger partial charge >= 0.3 is 6.18 Å². The minimum absolute atomic E-state index is 0. The molecule has 3 fully saturated rings. The Labute approximate surface area is 141 Å². The minimum Gasteiger partial charge on any atom is -0.342 e. The highest BCUT2D eigenvalue weighted by Crippen LogP contribution is 2.34. The van der Waals surface area contributed by atoms with Gasteiger partial charge in [-0.15, -0.1) is 12.4 Å². The van der Waals surface area contributed by atoms with Gasteiger partial charge in [0.15, 0.2) is 0 Å². The van der Waals surface area contributed by atoms with Crippen molar-refractivity contribution < 1.29 is 18.0 Å². The van der Waals surface area contributed by atoms with Gasteiger partial charge in [0.05, 0.1) is 6.42 Å². The summed E-state index contributed by atoms with van der Waals surface area (Å²) in [6, 6.07) is 1.03. The number of carbonyl (C=O) groups excluding carboxylic acids is 1. The molecular formula is C16H26ClF3N2O. The topological polar surface area (TPSA) is 32.3 Å². The van der Waals surface area contributed by atoms with E-state index in [9.17, 15) is 18.0 Å². The Kier molecular flexibility index (Phi) is 6.22. The maximum Gasteiger partial charge on any atom is 0.390 e. The molecule has 0 radical (unpaired) electrons. The second kappa shape index (κ2) is 7.60. The summed E-state index contributed by atoms with van der Waals surface area (Å²) in [5.74, 6) is 0.711. The summed E-state index contributed by atoms with van der Waals surface area (Å²) in [5.41, 5.74) is 0. The Bertz CT molecular complexity index is 403. The summed E-state index contributed by atoms with van der Waals surface area (Å²) < 4.78 is 37.4. The lowest BCUT2D eigenvalue weighted by molar-refractivity contribution is -0.146. The monoisotopic (exact) mass is 354 g/mol. The standard InChI is InChI=1S/C16H25F3N2O.ClH/c17-16(18,19)5-6-21(10-11-1-2-11)15(22)9-12-7-13-3-4-14(8-12)20-13;/h11-14,20H,1-10H2;1H. The van der Waals surface area contributed by atoms with E-state index in [1.54, 1.807) is 0 Å². The third-order valence-electron chi connectivity index (χ3n) is 5.23. The highest BCUT2D eigenvalue weighted by Gasteiger charge is 2.36. The Morgan fingerprint density at radius 1 is 1.04 bits per heavy atom. The number of piperidine rings is 1. The molecule has 1 amide bonds. The number of fused-ring (bicyclic) bond motifs is 2. The molecule has 2 aliphatic heterocycles. The average molecular weight is 355 g/mol.